The lowest BCUT2D eigenvalue weighted by Gasteiger charge is -2.24. The van der Waals surface area contributed by atoms with Crippen molar-refractivity contribution in [1.82, 2.24) is 10.2 Å². The van der Waals surface area contributed by atoms with Crippen LogP contribution >= 0.6 is 0 Å². The molecule has 0 aromatic carbocycles. The topological polar surface area (TPSA) is 89.9 Å². The lowest BCUT2D eigenvalue weighted by molar-refractivity contribution is -0.140. The summed E-state index contributed by atoms with van der Waals surface area (Å²) in [5.41, 5.74) is 0. The number of hydrogen-bond acceptors (Lipinski definition) is 3. The molecule has 0 saturated carbocycles. The minimum Gasteiger partial charge on any atom is -0.480 e. The Bertz CT molecular complexity index is 322. The smallest absolute Gasteiger partial charge is 0.326 e. The molecule has 6 heteroatoms. The molecule has 1 heterocycles. The average Bonchev–Trinajstić information content (AvgIpc) is 2.83. The van der Waals surface area contributed by atoms with Crippen molar-refractivity contribution in [3.05, 3.63) is 0 Å². The standard InChI is InChI=1S/C13H24N2O4/c1-3-9(2)11(12(17)18)14-13(19)15-6-4-10(8-15)5-7-16/h9-11,16H,3-8H2,1-2H3,(H,14,19)(H,17,18)/t9-,10?,11-/m0/s1. The molecule has 0 aromatic heterocycles. The summed E-state index contributed by atoms with van der Waals surface area (Å²) in [5, 5.41) is 20.6. The molecule has 0 aliphatic carbocycles. The first-order valence-electron chi connectivity index (χ1n) is 6.88. The van der Waals surface area contributed by atoms with E-state index in [1.807, 2.05) is 13.8 Å². The Kier molecular flexibility index (Phi) is 6.08. The van der Waals surface area contributed by atoms with Crippen LogP contribution in [0.25, 0.3) is 0 Å². The van der Waals surface area contributed by atoms with Crippen molar-refractivity contribution in [2.75, 3.05) is 19.7 Å². The molecule has 0 spiro atoms. The summed E-state index contributed by atoms with van der Waals surface area (Å²) in [7, 11) is 0. The molecule has 19 heavy (non-hydrogen) atoms. The molecular weight excluding hydrogens is 248 g/mol. The monoisotopic (exact) mass is 272 g/mol. The minimum absolute atomic E-state index is 0.0997. The third kappa shape index (κ3) is 4.38. The number of nitrogens with one attached hydrogen (secondary N) is 1. The van der Waals surface area contributed by atoms with Gasteiger partial charge in [-0.05, 0) is 24.7 Å². The summed E-state index contributed by atoms with van der Waals surface area (Å²) in [4.78, 5) is 24.8. The fourth-order valence-corrected chi connectivity index (χ4v) is 2.34. The maximum atomic E-state index is 12.0. The van der Waals surface area contributed by atoms with Crippen LogP contribution in [-0.4, -0.2) is 52.9 Å². The molecule has 1 fully saturated rings. The van der Waals surface area contributed by atoms with E-state index in [2.05, 4.69) is 5.32 Å². The van der Waals surface area contributed by atoms with Crippen molar-refractivity contribution in [2.45, 2.75) is 39.2 Å². The van der Waals surface area contributed by atoms with Gasteiger partial charge in [0.15, 0.2) is 0 Å². The van der Waals surface area contributed by atoms with Crippen LogP contribution in [0.1, 0.15) is 33.1 Å². The Morgan fingerprint density at radius 1 is 1.47 bits per heavy atom. The molecular formula is C13H24N2O4. The summed E-state index contributed by atoms with van der Waals surface area (Å²) in [6.45, 7) is 5.07. The van der Waals surface area contributed by atoms with Crippen LogP contribution in [-0.2, 0) is 4.79 Å². The number of carboxylic acid groups (broad SMARTS) is 1. The van der Waals surface area contributed by atoms with Crippen molar-refractivity contribution >= 4 is 12.0 Å². The lowest BCUT2D eigenvalue weighted by atomic mass is 9.99. The number of rotatable bonds is 6. The summed E-state index contributed by atoms with van der Waals surface area (Å²) in [5.74, 6) is -0.770. The quantitative estimate of drug-likeness (QED) is 0.670. The van der Waals surface area contributed by atoms with Crippen LogP contribution in [0, 0.1) is 11.8 Å². The molecule has 0 bridgehead atoms. The largest absolute Gasteiger partial charge is 0.480 e. The summed E-state index contributed by atoms with van der Waals surface area (Å²) < 4.78 is 0. The molecule has 0 radical (unpaired) electrons. The van der Waals surface area contributed by atoms with Crippen molar-refractivity contribution in [3.63, 3.8) is 0 Å². The number of carbonyl (C=O) groups is 2. The van der Waals surface area contributed by atoms with E-state index < -0.39 is 12.0 Å². The van der Waals surface area contributed by atoms with Gasteiger partial charge in [-0.25, -0.2) is 9.59 Å². The van der Waals surface area contributed by atoms with Crippen LogP contribution < -0.4 is 5.32 Å². The number of aliphatic hydroxyl groups excluding tert-OH is 1. The third-order valence-corrected chi connectivity index (χ3v) is 3.87. The SMILES string of the molecule is CC[C@H](C)[C@H](NC(=O)N1CCC(CCO)C1)C(=O)O. The Morgan fingerprint density at radius 3 is 2.68 bits per heavy atom. The number of nitrogens with zero attached hydrogens (tertiary/aromatic N) is 1. The van der Waals surface area contributed by atoms with Crippen LogP contribution in [0.3, 0.4) is 0 Å². The zero-order valence-electron chi connectivity index (χ0n) is 11.6. The maximum Gasteiger partial charge on any atom is 0.326 e. The summed E-state index contributed by atoms with van der Waals surface area (Å²) >= 11 is 0. The number of aliphatic carboxylic acids is 1. The number of carboxylic acids is 1. The van der Waals surface area contributed by atoms with Crippen LogP contribution in [0.4, 0.5) is 4.79 Å². The summed E-state index contributed by atoms with van der Waals surface area (Å²) in [6.07, 6.45) is 2.26. The van der Waals surface area contributed by atoms with Gasteiger partial charge in [0, 0.05) is 19.7 Å². The van der Waals surface area contributed by atoms with Gasteiger partial charge in [-0.15, -0.1) is 0 Å². The second-order valence-corrected chi connectivity index (χ2v) is 5.26. The first kappa shape index (κ1) is 15.8. The molecule has 1 aliphatic rings. The van der Waals surface area contributed by atoms with Gasteiger partial charge in [-0.1, -0.05) is 20.3 Å². The molecule has 3 N–H and O–H groups in total. The highest BCUT2D eigenvalue weighted by atomic mass is 16.4. The van der Waals surface area contributed by atoms with Crippen LogP contribution in [0.5, 0.6) is 0 Å². The van der Waals surface area contributed by atoms with E-state index >= 15 is 0 Å². The van der Waals surface area contributed by atoms with Crippen molar-refractivity contribution in [1.29, 1.82) is 0 Å². The molecule has 6 nitrogen and oxygen atoms in total. The molecule has 1 rings (SSSR count). The molecule has 110 valence electrons. The van der Waals surface area contributed by atoms with Crippen molar-refractivity contribution in [3.8, 4) is 0 Å². The second kappa shape index (κ2) is 7.33. The number of aliphatic hydroxyl groups is 1. The minimum atomic E-state index is -0.992. The fourth-order valence-electron chi connectivity index (χ4n) is 2.34. The fraction of sp³-hybridized carbons (Fsp3) is 0.846. The van der Waals surface area contributed by atoms with Crippen molar-refractivity contribution < 1.29 is 19.8 Å². The van der Waals surface area contributed by atoms with E-state index in [0.717, 1.165) is 6.42 Å². The van der Waals surface area contributed by atoms with Gasteiger partial charge in [-0.3, -0.25) is 0 Å². The van der Waals surface area contributed by atoms with Gasteiger partial charge in [0.1, 0.15) is 6.04 Å². The van der Waals surface area contributed by atoms with Crippen molar-refractivity contribution in [2.24, 2.45) is 11.8 Å². The van der Waals surface area contributed by atoms with Crippen LogP contribution in [0.2, 0.25) is 0 Å². The molecule has 0 aromatic rings. The molecule has 2 amide bonds. The Hall–Kier alpha value is -1.30. The van der Waals surface area contributed by atoms with E-state index in [1.54, 1.807) is 4.90 Å². The van der Waals surface area contributed by atoms with E-state index in [0.29, 0.717) is 31.8 Å². The highest BCUT2D eigenvalue weighted by Gasteiger charge is 2.30. The maximum absolute atomic E-state index is 12.0. The van der Waals surface area contributed by atoms with E-state index in [-0.39, 0.29) is 18.6 Å². The normalized spacial score (nSPS) is 22.1. The van der Waals surface area contributed by atoms with E-state index in [4.69, 9.17) is 10.2 Å². The van der Waals surface area contributed by atoms with Gasteiger partial charge < -0.3 is 20.4 Å². The van der Waals surface area contributed by atoms with Gasteiger partial charge in [0.25, 0.3) is 0 Å². The zero-order valence-corrected chi connectivity index (χ0v) is 11.6. The summed E-state index contributed by atoms with van der Waals surface area (Å²) in [6, 6.07) is -1.15. The predicted molar refractivity (Wildman–Crippen MR) is 70.8 cm³/mol. The van der Waals surface area contributed by atoms with Crippen LogP contribution in [0.15, 0.2) is 0 Å². The average molecular weight is 272 g/mol. The molecule has 3 atom stereocenters. The molecule has 1 aliphatic heterocycles. The number of carbonyl (C=O) groups excluding carboxylic acids is 1. The van der Waals surface area contributed by atoms with E-state index in [9.17, 15) is 9.59 Å². The number of amides is 2. The van der Waals surface area contributed by atoms with Gasteiger partial charge in [0.05, 0.1) is 0 Å². The Labute approximate surface area is 113 Å². The van der Waals surface area contributed by atoms with E-state index in [1.165, 1.54) is 0 Å². The number of urea groups is 1. The zero-order chi connectivity index (χ0) is 14.4. The first-order valence-corrected chi connectivity index (χ1v) is 6.88. The highest BCUT2D eigenvalue weighted by molar-refractivity contribution is 5.82. The van der Waals surface area contributed by atoms with Gasteiger partial charge in [0.2, 0.25) is 0 Å². The van der Waals surface area contributed by atoms with Gasteiger partial charge >= 0.3 is 12.0 Å². The molecule has 1 saturated heterocycles. The Balaban J connectivity index is 2.51. The highest BCUT2D eigenvalue weighted by Crippen LogP contribution is 2.19. The number of hydrogen-bond donors (Lipinski definition) is 3. The molecule has 1 unspecified atom stereocenters. The third-order valence-electron chi connectivity index (χ3n) is 3.87. The second-order valence-electron chi connectivity index (χ2n) is 5.26. The van der Waals surface area contributed by atoms with Gasteiger partial charge in [-0.2, -0.15) is 0 Å². The lowest BCUT2D eigenvalue weighted by Crippen LogP contribution is -2.50. The number of likely N-dealkylation sites (tertiary alicyclic amines) is 1. The Morgan fingerprint density at radius 2 is 2.16 bits per heavy atom. The predicted octanol–water partition coefficient (Wildman–Crippen LogP) is 0.900. The first-order chi connectivity index (χ1) is 8.99.